The van der Waals surface area contributed by atoms with E-state index in [1.165, 1.54) is 0 Å². The van der Waals surface area contributed by atoms with Crippen molar-refractivity contribution in [2.24, 2.45) is 0 Å². The molecule has 2 atom stereocenters. The maximum atomic E-state index is 12.9. The number of carbonyl (C=O) groups is 1. The summed E-state index contributed by atoms with van der Waals surface area (Å²) in [6.45, 7) is 0.768. The summed E-state index contributed by atoms with van der Waals surface area (Å²) in [5, 5.41) is 13.6. The van der Waals surface area contributed by atoms with E-state index in [9.17, 15) is 9.90 Å². The van der Waals surface area contributed by atoms with E-state index in [-0.39, 0.29) is 18.6 Å². The number of fused-ring (bicyclic) bond motifs is 2. The molecule has 1 N–H and O–H groups in total. The number of nitrogens with zero attached hydrogens (tertiary/aromatic N) is 3. The van der Waals surface area contributed by atoms with Crippen molar-refractivity contribution in [3.63, 3.8) is 0 Å². The highest BCUT2D eigenvalue weighted by molar-refractivity contribution is 5.98. The lowest BCUT2D eigenvalue weighted by molar-refractivity contribution is -0.0198. The standard InChI is InChI=1S/C24H21N3O3/c28-22-15-27(24(29)18-4-6-21-17(12-18)2-1-9-26-21)11-8-23(22)30-20-5-3-16-7-10-25-14-19(16)13-20/h1-7,9-10,12-14,22-23,28H,8,11,15H2/t22-,23-/m1/s1. The molecule has 1 aliphatic heterocycles. The molecule has 0 aliphatic carbocycles. The van der Waals surface area contributed by atoms with Crippen LogP contribution in [0.15, 0.2) is 73.2 Å². The van der Waals surface area contributed by atoms with Crippen LogP contribution in [0, 0.1) is 0 Å². The molecule has 0 saturated carbocycles. The first kappa shape index (κ1) is 18.5. The number of aliphatic hydroxyl groups is 1. The molecule has 0 spiro atoms. The Labute approximate surface area is 173 Å². The first-order valence-corrected chi connectivity index (χ1v) is 10.00. The van der Waals surface area contributed by atoms with Gasteiger partial charge in [-0.15, -0.1) is 0 Å². The van der Waals surface area contributed by atoms with Crippen molar-refractivity contribution in [1.29, 1.82) is 0 Å². The fraction of sp³-hybridized carbons (Fsp3) is 0.208. The number of piperidine rings is 1. The second-order valence-electron chi connectivity index (χ2n) is 7.56. The van der Waals surface area contributed by atoms with Gasteiger partial charge in [-0.1, -0.05) is 12.1 Å². The highest BCUT2D eigenvalue weighted by Crippen LogP contribution is 2.25. The lowest BCUT2D eigenvalue weighted by Crippen LogP contribution is -2.51. The maximum Gasteiger partial charge on any atom is 0.253 e. The predicted molar refractivity (Wildman–Crippen MR) is 114 cm³/mol. The smallest absolute Gasteiger partial charge is 0.253 e. The van der Waals surface area contributed by atoms with E-state index in [1.54, 1.807) is 29.6 Å². The number of hydrogen-bond donors (Lipinski definition) is 1. The minimum atomic E-state index is -0.755. The molecule has 5 rings (SSSR count). The summed E-state index contributed by atoms with van der Waals surface area (Å²) >= 11 is 0. The van der Waals surface area contributed by atoms with Crippen LogP contribution in [0.25, 0.3) is 21.7 Å². The molecule has 0 radical (unpaired) electrons. The number of aliphatic hydroxyl groups excluding tert-OH is 1. The van der Waals surface area contributed by atoms with Gasteiger partial charge in [-0.3, -0.25) is 14.8 Å². The summed E-state index contributed by atoms with van der Waals surface area (Å²) in [7, 11) is 0. The third kappa shape index (κ3) is 3.57. The Balaban J connectivity index is 1.27. The van der Waals surface area contributed by atoms with Crippen LogP contribution < -0.4 is 4.74 Å². The van der Waals surface area contributed by atoms with Crippen LogP contribution in [0.4, 0.5) is 0 Å². The van der Waals surface area contributed by atoms with Gasteiger partial charge < -0.3 is 14.7 Å². The van der Waals surface area contributed by atoms with Crippen LogP contribution in [-0.2, 0) is 0 Å². The van der Waals surface area contributed by atoms with Gasteiger partial charge in [0.1, 0.15) is 18.0 Å². The van der Waals surface area contributed by atoms with Crippen LogP contribution in [-0.4, -0.2) is 51.2 Å². The molecule has 6 nitrogen and oxygen atoms in total. The molecule has 1 amide bonds. The quantitative estimate of drug-likeness (QED) is 0.571. The van der Waals surface area contributed by atoms with Crippen molar-refractivity contribution in [3.05, 3.63) is 78.8 Å². The molecule has 3 heterocycles. The zero-order valence-corrected chi connectivity index (χ0v) is 16.3. The van der Waals surface area contributed by atoms with Crippen molar-refractivity contribution in [1.82, 2.24) is 14.9 Å². The molecule has 6 heteroatoms. The minimum absolute atomic E-state index is 0.0879. The van der Waals surface area contributed by atoms with Crippen LogP contribution in [0.3, 0.4) is 0 Å². The van der Waals surface area contributed by atoms with Gasteiger partial charge in [-0.05, 0) is 47.9 Å². The van der Waals surface area contributed by atoms with E-state index < -0.39 is 6.10 Å². The van der Waals surface area contributed by atoms with Crippen LogP contribution in [0.1, 0.15) is 16.8 Å². The van der Waals surface area contributed by atoms with Gasteiger partial charge in [-0.2, -0.15) is 0 Å². The number of hydrogen-bond acceptors (Lipinski definition) is 5. The normalized spacial score (nSPS) is 19.2. The SMILES string of the molecule is O=C(c1ccc2ncccc2c1)N1CC[C@@H](Oc2ccc3ccncc3c2)[C@H](O)C1. The number of ether oxygens (including phenoxy) is 1. The molecule has 2 aromatic carbocycles. The Morgan fingerprint density at radius 1 is 1.03 bits per heavy atom. The van der Waals surface area contributed by atoms with Gasteiger partial charge >= 0.3 is 0 Å². The van der Waals surface area contributed by atoms with Gasteiger partial charge in [0.15, 0.2) is 0 Å². The summed E-state index contributed by atoms with van der Waals surface area (Å²) in [5.74, 6) is 0.608. The first-order chi connectivity index (χ1) is 14.7. The van der Waals surface area contributed by atoms with Gasteiger partial charge in [0, 0.05) is 47.9 Å². The van der Waals surface area contributed by atoms with Crippen molar-refractivity contribution in [3.8, 4) is 5.75 Å². The van der Waals surface area contributed by atoms with Crippen LogP contribution in [0.2, 0.25) is 0 Å². The number of aromatic nitrogens is 2. The number of rotatable bonds is 3. The van der Waals surface area contributed by atoms with Crippen molar-refractivity contribution < 1.29 is 14.6 Å². The first-order valence-electron chi connectivity index (χ1n) is 10.00. The summed E-state index contributed by atoms with van der Waals surface area (Å²) < 4.78 is 6.04. The number of pyridine rings is 2. The second-order valence-corrected chi connectivity index (χ2v) is 7.56. The predicted octanol–water partition coefficient (Wildman–Crippen LogP) is 3.44. The zero-order chi connectivity index (χ0) is 20.5. The average molecular weight is 399 g/mol. The third-order valence-corrected chi connectivity index (χ3v) is 5.56. The van der Waals surface area contributed by atoms with E-state index in [4.69, 9.17) is 4.74 Å². The fourth-order valence-electron chi connectivity index (χ4n) is 3.93. The van der Waals surface area contributed by atoms with Crippen molar-refractivity contribution >= 4 is 27.6 Å². The molecule has 4 aromatic rings. The molecule has 0 bridgehead atoms. The average Bonchev–Trinajstić information content (AvgIpc) is 2.79. The lowest BCUT2D eigenvalue weighted by atomic mass is 10.0. The van der Waals surface area contributed by atoms with E-state index in [2.05, 4.69) is 9.97 Å². The number of β-amino-alcohol motifs (C(OH)–C–C–N with tert-alkyl or cyclic N) is 1. The number of carbonyl (C=O) groups excluding carboxylic acids is 1. The second kappa shape index (κ2) is 7.72. The Bertz CT molecular complexity index is 1230. The molecule has 1 fully saturated rings. The maximum absolute atomic E-state index is 12.9. The van der Waals surface area contributed by atoms with E-state index in [0.29, 0.717) is 24.3 Å². The molecular weight excluding hydrogens is 378 g/mol. The van der Waals surface area contributed by atoms with E-state index in [0.717, 1.165) is 21.7 Å². The molecule has 0 unspecified atom stereocenters. The van der Waals surface area contributed by atoms with E-state index in [1.807, 2.05) is 48.5 Å². The summed E-state index contributed by atoms with van der Waals surface area (Å²) in [5.41, 5.74) is 1.45. The molecule has 150 valence electrons. The monoisotopic (exact) mass is 399 g/mol. The Hall–Kier alpha value is -3.51. The summed E-state index contributed by atoms with van der Waals surface area (Å²) in [6, 6.07) is 17.0. The van der Waals surface area contributed by atoms with Gasteiger partial charge in [0.05, 0.1) is 12.1 Å². The molecule has 1 saturated heterocycles. The largest absolute Gasteiger partial charge is 0.488 e. The lowest BCUT2D eigenvalue weighted by Gasteiger charge is -2.36. The number of amides is 1. The summed E-state index contributed by atoms with van der Waals surface area (Å²) in [6.07, 6.45) is 4.73. The van der Waals surface area contributed by atoms with Crippen LogP contribution >= 0.6 is 0 Å². The highest BCUT2D eigenvalue weighted by Gasteiger charge is 2.32. The highest BCUT2D eigenvalue weighted by atomic mass is 16.5. The fourth-order valence-corrected chi connectivity index (χ4v) is 3.93. The molecular formula is C24H21N3O3. The Kier molecular flexibility index (Phi) is 4.77. The Morgan fingerprint density at radius 3 is 2.87 bits per heavy atom. The molecule has 30 heavy (non-hydrogen) atoms. The van der Waals surface area contributed by atoms with Gasteiger partial charge in [0.25, 0.3) is 5.91 Å². The molecule has 1 aliphatic rings. The van der Waals surface area contributed by atoms with E-state index >= 15 is 0 Å². The van der Waals surface area contributed by atoms with Crippen molar-refractivity contribution in [2.75, 3.05) is 13.1 Å². The van der Waals surface area contributed by atoms with Gasteiger partial charge in [-0.25, -0.2) is 0 Å². The molecule has 2 aromatic heterocycles. The van der Waals surface area contributed by atoms with Crippen LogP contribution in [0.5, 0.6) is 5.75 Å². The minimum Gasteiger partial charge on any atom is -0.488 e. The topological polar surface area (TPSA) is 75.6 Å². The number of likely N-dealkylation sites (tertiary alicyclic amines) is 1. The zero-order valence-electron chi connectivity index (χ0n) is 16.3. The Morgan fingerprint density at radius 2 is 1.97 bits per heavy atom. The third-order valence-electron chi connectivity index (χ3n) is 5.56. The van der Waals surface area contributed by atoms with Gasteiger partial charge in [0.2, 0.25) is 0 Å². The number of benzene rings is 2. The van der Waals surface area contributed by atoms with Crippen molar-refractivity contribution in [2.45, 2.75) is 18.6 Å². The summed E-state index contributed by atoms with van der Waals surface area (Å²) in [4.78, 5) is 23.1.